The molecule has 1 aromatic carbocycles. The normalized spacial score (nSPS) is 11.4. The van der Waals surface area contributed by atoms with Crippen LogP contribution in [0, 0.1) is 11.8 Å². The van der Waals surface area contributed by atoms with Gasteiger partial charge in [-0.3, -0.25) is 0 Å². The molecule has 19 heavy (non-hydrogen) atoms. The predicted molar refractivity (Wildman–Crippen MR) is 78.6 cm³/mol. The van der Waals surface area contributed by atoms with Crippen LogP contribution in [0.5, 0.6) is 11.5 Å². The fraction of sp³-hybridized carbons (Fsp3) is 0.500. The molecule has 0 aromatic heterocycles. The van der Waals surface area contributed by atoms with Gasteiger partial charge >= 0.3 is 0 Å². The van der Waals surface area contributed by atoms with Crippen LogP contribution in [0.3, 0.4) is 0 Å². The summed E-state index contributed by atoms with van der Waals surface area (Å²) in [7, 11) is 3.36. The standard InChI is InChI=1S/C16H23NO2/c1-5-7-9-13(17-12-6-2)16-14(18-3)10-8-11-15(16)19-4/h8,10-11,13,17H,6,9,12H2,1-4H3. The molecule has 3 nitrogen and oxygen atoms in total. The second-order valence-corrected chi connectivity index (χ2v) is 4.21. The molecule has 0 aliphatic heterocycles. The average molecular weight is 261 g/mol. The highest BCUT2D eigenvalue weighted by Crippen LogP contribution is 2.35. The van der Waals surface area contributed by atoms with Gasteiger partial charge in [-0.25, -0.2) is 0 Å². The number of ether oxygens (including phenoxy) is 2. The van der Waals surface area contributed by atoms with Gasteiger partial charge in [-0.1, -0.05) is 13.0 Å². The third-order valence-corrected chi connectivity index (χ3v) is 2.94. The van der Waals surface area contributed by atoms with Crippen LogP contribution < -0.4 is 14.8 Å². The van der Waals surface area contributed by atoms with E-state index in [0.717, 1.165) is 36.4 Å². The molecule has 0 spiro atoms. The van der Waals surface area contributed by atoms with E-state index in [1.807, 2.05) is 25.1 Å². The molecule has 1 atom stereocenters. The number of nitrogens with one attached hydrogen (secondary N) is 1. The maximum Gasteiger partial charge on any atom is 0.127 e. The Bertz CT molecular complexity index is 424. The lowest BCUT2D eigenvalue weighted by atomic mass is 10.0. The van der Waals surface area contributed by atoms with Gasteiger partial charge in [-0.05, 0) is 32.0 Å². The Morgan fingerprint density at radius 3 is 2.32 bits per heavy atom. The van der Waals surface area contributed by atoms with E-state index in [2.05, 4.69) is 24.1 Å². The van der Waals surface area contributed by atoms with Crippen LogP contribution in [0.4, 0.5) is 0 Å². The number of hydrogen-bond acceptors (Lipinski definition) is 3. The molecule has 1 unspecified atom stereocenters. The number of rotatable bonds is 7. The van der Waals surface area contributed by atoms with Gasteiger partial charge in [-0.2, -0.15) is 0 Å². The molecule has 104 valence electrons. The molecule has 0 fully saturated rings. The molecular weight excluding hydrogens is 238 g/mol. The van der Waals surface area contributed by atoms with Crippen molar-refractivity contribution in [1.82, 2.24) is 5.32 Å². The van der Waals surface area contributed by atoms with Crippen LogP contribution in [0.1, 0.15) is 38.3 Å². The van der Waals surface area contributed by atoms with Crippen LogP contribution in [0.25, 0.3) is 0 Å². The van der Waals surface area contributed by atoms with E-state index in [1.165, 1.54) is 0 Å². The molecule has 3 heteroatoms. The molecule has 1 aromatic rings. The Morgan fingerprint density at radius 2 is 1.84 bits per heavy atom. The first-order valence-corrected chi connectivity index (χ1v) is 6.62. The van der Waals surface area contributed by atoms with E-state index in [9.17, 15) is 0 Å². The van der Waals surface area contributed by atoms with Crippen molar-refractivity contribution in [2.75, 3.05) is 20.8 Å². The van der Waals surface area contributed by atoms with E-state index in [4.69, 9.17) is 9.47 Å². The van der Waals surface area contributed by atoms with Gasteiger partial charge in [0.2, 0.25) is 0 Å². The number of methoxy groups -OCH3 is 2. The molecule has 1 rings (SSSR count). The fourth-order valence-corrected chi connectivity index (χ4v) is 2.02. The van der Waals surface area contributed by atoms with Crippen LogP contribution in [0.15, 0.2) is 18.2 Å². The minimum absolute atomic E-state index is 0.124. The van der Waals surface area contributed by atoms with Crippen molar-refractivity contribution >= 4 is 0 Å². The molecule has 0 amide bonds. The van der Waals surface area contributed by atoms with Gasteiger partial charge in [0.15, 0.2) is 0 Å². The highest BCUT2D eigenvalue weighted by molar-refractivity contribution is 5.47. The Kier molecular flexibility index (Phi) is 6.84. The summed E-state index contributed by atoms with van der Waals surface area (Å²) in [6.07, 6.45) is 1.82. The Hall–Kier alpha value is -1.66. The minimum atomic E-state index is 0.124. The molecule has 0 saturated carbocycles. The summed E-state index contributed by atoms with van der Waals surface area (Å²) in [6, 6.07) is 5.97. The van der Waals surface area contributed by atoms with Crippen LogP contribution in [-0.2, 0) is 0 Å². The van der Waals surface area contributed by atoms with E-state index < -0.39 is 0 Å². The van der Waals surface area contributed by atoms with Gasteiger partial charge in [0, 0.05) is 6.42 Å². The molecule has 0 aliphatic rings. The average Bonchev–Trinajstić information content (AvgIpc) is 2.46. The first kappa shape index (κ1) is 15.4. The monoisotopic (exact) mass is 261 g/mol. The lowest BCUT2D eigenvalue weighted by molar-refractivity contribution is 0.371. The highest BCUT2D eigenvalue weighted by Gasteiger charge is 2.19. The van der Waals surface area contributed by atoms with Crippen molar-refractivity contribution in [3.63, 3.8) is 0 Å². The summed E-state index contributed by atoms with van der Waals surface area (Å²) < 4.78 is 10.9. The van der Waals surface area contributed by atoms with Crippen molar-refractivity contribution in [1.29, 1.82) is 0 Å². The SMILES string of the molecule is CC#CCC(NCCC)c1c(OC)cccc1OC. The first-order valence-electron chi connectivity index (χ1n) is 6.62. The predicted octanol–water partition coefficient (Wildman–Crippen LogP) is 3.16. The lowest BCUT2D eigenvalue weighted by Crippen LogP contribution is -2.23. The maximum atomic E-state index is 5.46. The van der Waals surface area contributed by atoms with E-state index >= 15 is 0 Å². The van der Waals surface area contributed by atoms with Gasteiger partial charge in [0.05, 0.1) is 25.8 Å². The van der Waals surface area contributed by atoms with Gasteiger partial charge in [-0.15, -0.1) is 11.8 Å². The zero-order valence-electron chi connectivity index (χ0n) is 12.2. The molecule has 0 aliphatic carbocycles. The quantitative estimate of drug-likeness (QED) is 0.765. The molecule has 0 heterocycles. The zero-order chi connectivity index (χ0) is 14.1. The van der Waals surface area contributed by atoms with Crippen molar-refractivity contribution in [3.8, 4) is 23.3 Å². The third-order valence-electron chi connectivity index (χ3n) is 2.94. The van der Waals surface area contributed by atoms with Crippen LogP contribution >= 0.6 is 0 Å². The van der Waals surface area contributed by atoms with E-state index in [-0.39, 0.29) is 6.04 Å². The van der Waals surface area contributed by atoms with Gasteiger partial charge < -0.3 is 14.8 Å². The smallest absolute Gasteiger partial charge is 0.127 e. The topological polar surface area (TPSA) is 30.5 Å². The zero-order valence-corrected chi connectivity index (χ0v) is 12.2. The largest absolute Gasteiger partial charge is 0.496 e. The number of benzene rings is 1. The first-order chi connectivity index (χ1) is 9.28. The summed E-state index contributed by atoms with van der Waals surface area (Å²) in [4.78, 5) is 0. The summed E-state index contributed by atoms with van der Waals surface area (Å²) in [6.45, 7) is 4.95. The maximum absolute atomic E-state index is 5.46. The Labute approximate surface area is 116 Å². The minimum Gasteiger partial charge on any atom is -0.496 e. The Balaban J connectivity index is 3.12. The molecule has 0 saturated heterocycles. The fourth-order valence-electron chi connectivity index (χ4n) is 2.02. The van der Waals surface area contributed by atoms with Crippen molar-refractivity contribution < 1.29 is 9.47 Å². The second kappa shape index (κ2) is 8.44. The van der Waals surface area contributed by atoms with Crippen LogP contribution in [-0.4, -0.2) is 20.8 Å². The van der Waals surface area contributed by atoms with Crippen molar-refractivity contribution in [2.24, 2.45) is 0 Å². The number of hydrogen-bond donors (Lipinski definition) is 1. The molecule has 0 bridgehead atoms. The van der Waals surface area contributed by atoms with Crippen molar-refractivity contribution in [3.05, 3.63) is 23.8 Å². The summed E-state index contributed by atoms with van der Waals surface area (Å²) >= 11 is 0. The molecule has 1 N–H and O–H groups in total. The Morgan fingerprint density at radius 1 is 1.21 bits per heavy atom. The van der Waals surface area contributed by atoms with Gasteiger partial charge in [0.25, 0.3) is 0 Å². The highest BCUT2D eigenvalue weighted by atomic mass is 16.5. The van der Waals surface area contributed by atoms with Crippen molar-refractivity contribution in [2.45, 2.75) is 32.7 Å². The summed E-state index contributed by atoms with van der Waals surface area (Å²) in [5.41, 5.74) is 1.05. The lowest BCUT2D eigenvalue weighted by Gasteiger charge is -2.21. The third kappa shape index (κ3) is 4.18. The van der Waals surface area contributed by atoms with Crippen LogP contribution in [0.2, 0.25) is 0 Å². The molecular formula is C16H23NO2. The van der Waals surface area contributed by atoms with E-state index in [0.29, 0.717) is 0 Å². The van der Waals surface area contributed by atoms with E-state index in [1.54, 1.807) is 14.2 Å². The summed E-state index contributed by atoms with van der Waals surface area (Å²) in [5, 5.41) is 3.51. The van der Waals surface area contributed by atoms with Gasteiger partial charge in [0.1, 0.15) is 11.5 Å². The second-order valence-electron chi connectivity index (χ2n) is 4.21. The summed E-state index contributed by atoms with van der Waals surface area (Å²) in [5.74, 6) is 7.76. The molecule has 0 radical (unpaired) electrons.